The predicted molar refractivity (Wildman–Crippen MR) is 41.0 cm³/mol. The second-order valence-corrected chi connectivity index (χ2v) is 2.61. The van der Waals surface area contributed by atoms with Crippen LogP contribution in [0.4, 0.5) is 13.2 Å². The lowest BCUT2D eigenvalue weighted by molar-refractivity contribution is -0.127. The molecule has 1 aromatic heterocycles. The van der Waals surface area contributed by atoms with Gasteiger partial charge in [-0.2, -0.15) is 13.2 Å². The molecular formula is C8H6F3NO2. The first-order valence-electron chi connectivity index (χ1n) is 3.64. The lowest BCUT2D eigenvalue weighted by Crippen LogP contribution is -2.14. The molecule has 1 N–H and O–H groups in total. The summed E-state index contributed by atoms with van der Waals surface area (Å²) >= 11 is 0. The number of halogens is 3. The van der Waals surface area contributed by atoms with Gasteiger partial charge in [-0.3, -0.25) is 0 Å². The summed E-state index contributed by atoms with van der Waals surface area (Å²) in [5.74, 6) is -1.34. The SMILES string of the molecule is O=C(O)c1cccc(CC(F)(F)F)n1. The van der Waals surface area contributed by atoms with E-state index >= 15 is 0 Å². The zero-order valence-corrected chi connectivity index (χ0v) is 6.88. The Bertz CT molecular complexity index is 349. The zero-order chi connectivity index (χ0) is 10.8. The molecule has 0 aromatic carbocycles. The average Bonchev–Trinajstić information content (AvgIpc) is 2.01. The highest BCUT2D eigenvalue weighted by molar-refractivity contribution is 5.85. The Labute approximate surface area is 77.2 Å². The summed E-state index contributed by atoms with van der Waals surface area (Å²) < 4.78 is 35.7. The van der Waals surface area contributed by atoms with Crippen molar-refractivity contribution in [3.05, 3.63) is 29.6 Å². The summed E-state index contributed by atoms with van der Waals surface area (Å²) in [7, 11) is 0. The molecule has 0 atom stereocenters. The van der Waals surface area contributed by atoms with Crippen LogP contribution in [0.1, 0.15) is 16.2 Å². The van der Waals surface area contributed by atoms with Crippen LogP contribution in [0, 0.1) is 0 Å². The van der Waals surface area contributed by atoms with Crippen molar-refractivity contribution in [1.29, 1.82) is 0 Å². The lowest BCUT2D eigenvalue weighted by atomic mass is 10.2. The van der Waals surface area contributed by atoms with Gasteiger partial charge in [-0.15, -0.1) is 0 Å². The normalized spacial score (nSPS) is 11.4. The molecule has 0 amide bonds. The first kappa shape index (κ1) is 10.5. The quantitative estimate of drug-likeness (QED) is 0.801. The summed E-state index contributed by atoms with van der Waals surface area (Å²) in [6.45, 7) is 0. The van der Waals surface area contributed by atoms with E-state index in [2.05, 4.69) is 4.98 Å². The van der Waals surface area contributed by atoms with Gasteiger partial charge in [0.2, 0.25) is 0 Å². The molecule has 0 radical (unpaired) electrons. The molecule has 0 aliphatic carbocycles. The van der Waals surface area contributed by atoms with Gasteiger partial charge in [0.05, 0.1) is 12.1 Å². The molecule has 0 saturated heterocycles. The third-order valence-corrected chi connectivity index (χ3v) is 1.41. The van der Waals surface area contributed by atoms with Crippen molar-refractivity contribution in [3.8, 4) is 0 Å². The summed E-state index contributed by atoms with van der Waals surface area (Å²) in [6.07, 6.45) is -5.59. The Morgan fingerprint density at radius 2 is 2.07 bits per heavy atom. The Hall–Kier alpha value is -1.59. The number of carbonyl (C=O) groups is 1. The summed E-state index contributed by atoms with van der Waals surface area (Å²) in [5, 5.41) is 8.46. The monoisotopic (exact) mass is 205 g/mol. The molecule has 0 saturated carbocycles. The number of aromatic carboxylic acids is 1. The van der Waals surface area contributed by atoms with Gasteiger partial charge >= 0.3 is 12.1 Å². The fraction of sp³-hybridized carbons (Fsp3) is 0.250. The summed E-state index contributed by atoms with van der Waals surface area (Å²) in [6, 6.07) is 3.51. The van der Waals surface area contributed by atoms with Gasteiger partial charge in [0, 0.05) is 0 Å². The van der Waals surface area contributed by atoms with Gasteiger partial charge in [0.15, 0.2) is 0 Å². The average molecular weight is 205 g/mol. The maximum Gasteiger partial charge on any atom is 0.394 e. The fourth-order valence-electron chi connectivity index (χ4n) is 0.903. The van der Waals surface area contributed by atoms with E-state index in [-0.39, 0.29) is 11.4 Å². The number of hydrogen-bond acceptors (Lipinski definition) is 2. The smallest absolute Gasteiger partial charge is 0.394 e. The van der Waals surface area contributed by atoms with Gasteiger partial charge < -0.3 is 5.11 Å². The molecular weight excluding hydrogens is 199 g/mol. The second kappa shape index (κ2) is 3.65. The van der Waals surface area contributed by atoms with Gasteiger partial charge in [0.25, 0.3) is 0 Å². The molecule has 3 nitrogen and oxygen atoms in total. The number of carboxylic acids is 1. The van der Waals surface area contributed by atoms with E-state index < -0.39 is 18.6 Å². The van der Waals surface area contributed by atoms with Crippen LogP contribution >= 0.6 is 0 Å². The zero-order valence-electron chi connectivity index (χ0n) is 6.88. The van der Waals surface area contributed by atoms with Crippen LogP contribution in [-0.2, 0) is 6.42 Å². The van der Waals surface area contributed by atoms with Crippen LogP contribution in [-0.4, -0.2) is 22.2 Å². The van der Waals surface area contributed by atoms with E-state index in [1.54, 1.807) is 0 Å². The second-order valence-electron chi connectivity index (χ2n) is 2.61. The van der Waals surface area contributed by atoms with Gasteiger partial charge in [-0.1, -0.05) is 6.07 Å². The molecule has 1 rings (SSSR count). The molecule has 1 heterocycles. The first-order chi connectivity index (χ1) is 6.38. The topological polar surface area (TPSA) is 50.2 Å². The van der Waals surface area contributed by atoms with Crippen molar-refractivity contribution in [1.82, 2.24) is 4.98 Å². The molecule has 0 aliphatic heterocycles. The Balaban J connectivity index is 2.89. The Morgan fingerprint density at radius 3 is 2.57 bits per heavy atom. The maximum absolute atomic E-state index is 11.9. The summed E-state index contributed by atoms with van der Waals surface area (Å²) in [4.78, 5) is 13.7. The van der Waals surface area contributed by atoms with Crippen molar-refractivity contribution in [2.45, 2.75) is 12.6 Å². The maximum atomic E-state index is 11.9. The van der Waals surface area contributed by atoms with Crippen LogP contribution in [0.5, 0.6) is 0 Å². The minimum atomic E-state index is -4.37. The van der Waals surface area contributed by atoms with E-state index in [0.29, 0.717) is 0 Å². The number of rotatable bonds is 2. The van der Waals surface area contributed by atoms with E-state index in [0.717, 1.165) is 12.1 Å². The molecule has 14 heavy (non-hydrogen) atoms. The third-order valence-electron chi connectivity index (χ3n) is 1.41. The minimum absolute atomic E-state index is 0.294. The van der Waals surface area contributed by atoms with Crippen molar-refractivity contribution in [3.63, 3.8) is 0 Å². The van der Waals surface area contributed by atoms with Crippen LogP contribution in [0.25, 0.3) is 0 Å². The number of pyridine rings is 1. The van der Waals surface area contributed by atoms with Gasteiger partial charge in [0.1, 0.15) is 5.69 Å². The van der Waals surface area contributed by atoms with E-state index in [4.69, 9.17) is 5.11 Å². The highest BCUT2D eigenvalue weighted by Gasteiger charge is 2.28. The number of alkyl halides is 3. The van der Waals surface area contributed by atoms with E-state index in [1.165, 1.54) is 6.07 Å². The highest BCUT2D eigenvalue weighted by Crippen LogP contribution is 2.20. The van der Waals surface area contributed by atoms with Crippen LogP contribution in [0.15, 0.2) is 18.2 Å². The largest absolute Gasteiger partial charge is 0.477 e. The third kappa shape index (κ3) is 3.04. The van der Waals surface area contributed by atoms with Gasteiger partial charge in [-0.05, 0) is 12.1 Å². The number of hydrogen-bond donors (Lipinski definition) is 1. The molecule has 6 heteroatoms. The molecule has 0 spiro atoms. The summed E-state index contributed by atoms with van der Waals surface area (Å²) in [5.41, 5.74) is -0.677. The number of nitrogens with zero attached hydrogens (tertiary/aromatic N) is 1. The highest BCUT2D eigenvalue weighted by atomic mass is 19.4. The lowest BCUT2D eigenvalue weighted by Gasteiger charge is -2.05. The van der Waals surface area contributed by atoms with E-state index in [1.807, 2.05) is 0 Å². The van der Waals surface area contributed by atoms with Gasteiger partial charge in [-0.25, -0.2) is 9.78 Å². The van der Waals surface area contributed by atoms with Crippen LogP contribution in [0.3, 0.4) is 0 Å². The molecule has 0 unspecified atom stereocenters. The molecule has 0 fully saturated rings. The molecule has 0 bridgehead atoms. The number of aromatic nitrogens is 1. The standard InChI is InChI=1S/C8H6F3NO2/c9-8(10,11)4-5-2-1-3-6(12-5)7(13)14/h1-3H,4H2,(H,13,14). The Morgan fingerprint density at radius 1 is 1.43 bits per heavy atom. The van der Waals surface area contributed by atoms with Crippen molar-refractivity contribution in [2.75, 3.05) is 0 Å². The Kier molecular flexibility index (Phi) is 2.73. The van der Waals surface area contributed by atoms with E-state index in [9.17, 15) is 18.0 Å². The minimum Gasteiger partial charge on any atom is -0.477 e. The van der Waals surface area contributed by atoms with Crippen molar-refractivity contribution < 1.29 is 23.1 Å². The molecule has 0 aliphatic rings. The number of carboxylic acid groups (broad SMARTS) is 1. The fourth-order valence-corrected chi connectivity index (χ4v) is 0.903. The van der Waals surface area contributed by atoms with Crippen LogP contribution in [0.2, 0.25) is 0 Å². The first-order valence-corrected chi connectivity index (χ1v) is 3.64. The molecule has 1 aromatic rings. The van der Waals surface area contributed by atoms with Crippen molar-refractivity contribution >= 4 is 5.97 Å². The van der Waals surface area contributed by atoms with Crippen molar-refractivity contribution in [2.24, 2.45) is 0 Å². The predicted octanol–water partition coefficient (Wildman–Crippen LogP) is 1.88. The molecule has 76 valence electrons. The van der Waals surface area contributed by atoms with Crippen LogP contribution < -0.4 is 0 Å².